The molecule has 0 aliphatic carbocycles. The Balaban J connectivity index is 1.48. The van der Waals surface area contributed by atoms with Gasteiger partial charge < -0.3 is 20.5 Å². The Hall–Kier alpha value is -4.01. The van der Waals surface area contributed by atoms with Crippen LogP contribution in [0.25, 0.3) is 0 Å². The number of carbonyl (C=O) groups is 2. The molecular formula is C24H21F3N2O4. The van der Waals surface area contributed by atoms with Gasteiger partial charge in [-0.15, -0.1) is 0 Å². The van der Waals surface area contributed by atoms with Gasteiger partial charge in [0, 0.05) is 24.2 Å². The summed E-state index contributed by atoms with van der Waals surface area (Å²) in [7, 11) is 0. The number of amides is 2. The molecule has 3 aromatic carbocycles. The van der Waals surface area contributed by atoms with Gasteiger partial charge in [0.05, 0.1) is 5.56 Å². The van der Waals surface area contributed by atoms with Gasteiger partial charge in [0.25, 0.3) is 11.8 Å². The van der Waals surface area contributed by atoms with Crippen LogP contribution in [-0.4, -0.2) is 30.0 Å². The number of phenols is 1. The second kappa shape index (κ2) is 10.5. The van der Waals surface area contributed by atoms with Gasteiger partial charge in [-0.05, 0) is 61.0 Å². The predicted octanol–water partition coefficient (Wildman–Crippen LogP) is 4.75. The summed E-state index contributed by atoms with van der Waals surface area (Å²) in [4.78, 5) is 24.4. The topological polar surface area (TPSA) is 87.7 Å². The quantitative estimate of drug-likeness (QED) is 0.425. The molecule has 3 aromatic rings. The Morgan fingerprint density at radius 2 is 1.33 bits per heavy atom. The molecule has 0 aliphatic heterocycles. The van der Waals surface area contributed by atoms with Crippen LogP contribution in [-0.2, 0) is 6.18 Å². The fourth-order valence-electron chi connectivity index (χ4n) is 2.92. The first kappa shape index (κ1) is 23.6. The highest BCUT2D eigenvalue weighted by Gasteiger charge is 2.30. The van der Waals surface area contributed by atoms with Gasteiger partial charge >= 0.3 is 6.18 Å². The number of halogens is 3. The third-order valence-corrected chi connectivity index (χ3v) is 4.53. The molecule has 0 fully saturated rings. The van der Waals surface area contributed by atoms with Crippen LogP contribution in [0, 0.1) is 0 Å². The maximum Gasteiger partial charge on any atom is 0.416 e. The van der Waals surface area contributed by atoms with Crippen molar-refractivity contribution in [2.75, 3.05) is 13.1 Å². The molecule has 172 valence electrons. The van der Waals surface area contributed by atoms with Crippen molar-refractivity contribution >= 4 is 11.8 Å². The monoisotopic (exact) mass is 458 g/mol. The first-order valence-corrected chi connectivity index (χ1v) is 10.0. The van der Waals surface area contributed by atoms with Crippen LogP contribution in [0.5, 0.6) is 17.2 Å². The number of hydrogen-bond donors (Lipinski definition) is 3. The number of nitrogens with one attached hydrogen (secondary N) is 2. The largest absolute Gasteiger partial charge is 0.508 e. The highest BCUT2D eigenvalue weighted by atomic mass is 19.4. The lowest BCUT2D eigenvalue weighted by atomic mass is 10.2. The molecule has 33 heavy (non-hydrogen) atoms. The zero-order valence-corrected chi connectivity index (χ0v) is 17.4. The molecule has 0 saturated carbocycles. The Bertz CT molecular complexity index is 1130. The predicted molar refractivity (Wildman–Crippen MR) is 115 cm³/mol. The number of hydrogen-bond acceptors (Lipinski definition) is 4. The second-order valence-electron chi connectivity index (χ2n) is 7.07. The number of ether oxygens (including phenoxy) is 1. The van der Waals surface area contributed by atoms with Gasteiger partial charge in [-0.3, -0.25) is 9.59 Å². The van der Waals surface area contributed by atoms with Crippen molar-refractivity contribution in [3.8, 4) is 17.2 Å². The number of phenolic OH excluding ortho intramolecular Hbond substituents is 1. The summed E-state index contributed by atoms with van der Waals surface area (Å²) in [6.45, 7) is 0.603. The molecule has 0 saturated heterocycles. The molecule has 9 heteroatoms. The molecule has 3 N–H and O–H groups in total. The van der Waals surface area contributed by atoms with E-state index in [9.17, 15) is 27.9 Å². The van der Waals surface area contributed by atoms with Crippen LogP contribution in [0.4, 0.5) is 13.2 Å². The number of rotatable bonds is 8. The molecule has 0 spiro atoms. The number of alkyl halides is 3. The van der Waals surface area contributed by atoms with Crippen LogP contribution in [0.3, 0.4) is 0 Å². The molecule has 0 radical (unpaired) electrons. The average Bonchev–Trinajstić information content (AvgIpc) is 2.78. The molecule has 0 heterocycles. The van der Waals surface area contributed by atoms with Gasteiger partial charge in [-0.1, -0.05) is 18.2 Å². The van der Waals surface area contributed by atoms with E-state index in [0.717, 1.165) is 12.1 Å². The summed E-state index contributed by atoms with van der Waals surface area (Å²) in [6.07, 6.45) is -4.01. The number of aromatic hydroxyl groups is 1. The number of benzene rings is 3. The summed E-state index contributed by atoms with van der Waals surface area (Å²) in [5, 5.41) is 14.8. The minimum absolute atomic E-state index is 0.00450. The van der Waals surface area contributed by atoms with E-state index in [-0.39, 0.29) is 41.2 Å². The molecular weight excluding hydrogens is 437 g/mol. The van der Waals surface area contributed by atoms with Crippen molar-refractivity contribution in [2.24, 2.45) is 0 Å². The normalized spacial score (nSPS) is 11.0. The van der Waals surface area contributed by atoms with Crippen LogP contribution in [0.15, 0.2) is 72.8 Å². The van der Waals surface area contributed by atoms with Crippen molar-refractivity contribution in [3.63, 3.8) is 0 Å². The molecule has 3 rings (SSSR count). The Morgan fingerprint density at radius 3 is 1.94 bits per heavy atom. The van der Waals surface area contributed by atoms with Gasteiger partial charge in [0.1, 0.15) is 17.2 Å². The third-order valence-electron chi connectivity index (χ3n) is 4.53. The third kappa shape index (κ3) is 6.99. The standard InChI is InChI=1S/C24H21F3N2O4/c25-24(26,27)18-7-3-10-21(15-18)33-20-9-2-6-17(14-20)23(32)29-12-4-11-28-22(31)16-5-1-8-19(30)13-16/h1-3,5-10,13-15,30H,4,11-12H2,(H,28,31)(H,29,32). The van der Waals surface area contributed by atoms with Crippen LogP contribution < -0.4 is 15.4 Å². The molecule has 0 atom stereocenters. The smallest absolute Gasteiger partial charge is 0.416 e. The Labute approximate surface area is 188 Å². The van der Waals surface area contributed by atoms with Gasteiger partial charge in [0.2, 0.25) is 0 Å². The molecule has 0 aliphatic rings. The highest BCUT2D eigenvalue weighted by molar-refractivity contribution is 5.95. The highest BCUT2D eigenvalue weighted by Crippen LogP contribution is 2.32. The summed E-state index contributed by atoms with van der Waals surface area (Å²) in [6, 6.07) is 16.5. The van der Waals surface area contributed by atoms with Gasteiger partial charge in [-0.25, -0.2) is 0 Å². The fourth-order valence-corrected chi connectivity index (χ4v) is 2.92. The van der Waals surface area contributed by atoms with E-state index in [4.69, 9.17) is 4.74 Å². The molecule has 6 nitrogen and oxygen atoms in total. The van der Waals surface area contributed by atoms with E-state index in [1.807, 2.05) is 0 Å². The van der Waals surface area contributed by atoms with Crippen molar-refractivity contribution in [3.05, 3.63) is 89.5 Å². The van der Waals surface area contributed by atoms with Crippen LogP contribution >= 0.6 is 0 Å². The fraction of sp³-hybridized carbons (Fsp3) is 0.167. The van der Waals surface area contributed by atoms with E-state index >= 15 is 0 Å². The van der Waals surface area contributed by atoms with Crippen molar-refractivity contribution in [1.29, 1.82) is 0 Å². The van der Waals surface area contributed by atoms with E-state index in [1.54, 1.807) is 24.3 Å². The minimum Gasteiger partial charge on any atom is -0.508 e. The first-order chi connectivity index (χ1) is 15.7. The summed E-state index contributed by atoms with van der Waals surface area (Å²) in [5.41, 5.74) is -0.218. The molecule has 0 unspecified atom stereocenters. The van der Waals surface area contributed by atoms with E-state index in [1.165, 1.54) is 36.4 Å². The van der Waals surface area contributed by atoms with Crippen molar-refractivity contribution in [2.45, 2.75) is 12.6 Å². The maximum absolute atomic E-state index is 12.9. The van der Waals surface area contributed by atoms with Gasteiger partial charge in [0.15, 0.2) is 0 Å². The Kier molecular flexibility index (Phi) is 7.55. The molecule has 0 aromatic heterocycles. The lowest BCUT2D eigenvalue weighted by Gasteiger charge is -2.11. The SMILES string of the molecule is O=C(NCCCNC(=O)c1cccc(Oc2cccc(C(F)(F)F)c2)c1)c1cccc(O)c1. The Morgan fingerprint density at radius 1 is 0.788 bits per heavy atom. The lowest BCUT2D eigenvalue weighted by molar-refractivity contribution is -0.137. The maximum atomic E-state index is 12.9. The average molecular weight is 458 g/mol. The zero-order valence-electron chi connectivity index (χ0n) is 17.4. The van der Waals surface area contributed by atoms with Crippen LogP contribution in [0.2, 0.25) is 0 Å². The van der Waals surface area contributed by atoms with Crippen LogP contribution in [0.1, 0.15) is 32.7 Å². The first-order valence-electron chi connectivity index (χ1n) is 10.0. The lowest BCUT2D eigenvalue weighted by Crippen LogP contribution is -2.29. The molecule has 0 bridgehead atoms. The van der Waals surface area contributed by atoms with E-state index in [2.05, 4.69) is 10.6 Å². The summed E-state index contributed by atoms with van der Waals surface area (Å²) in [5.74, 6) is -0.500. The number of carbonyl (C=O) groups excluding carboxylic acids is 2. The van der Waals surface area contributed by atoms with E-state index in [0.29, 0.717) is 18.5 Å². The second-order valence-corrected chi connectivity index (χ2v) is 7.07. The van der Waals surface area contributed by atoms with Crippen molar-refractivity contribution in [1.82, 2.24) is 10.6 Å². The summed E-state index contributed by atoms with van der Waals surface area (Å²) < 4.78 is 44.0. The minimum atomic E-state index is -4.48. The van der Waals surface area contributed by atoms with Gasteiger partial charge in [-0.2, -0.15) is 13.2 Å². The van der Waals surface area contributed by atoms with E-state index < -0.39 is 11.7 Å². The zero-order chi connectivity index (χ0) is 23.8. The molecule has 2 amide bonds. The summed E-state index contributed by atoms with van der Waals surface area (Å²) >= 11 is 0. The van der Waals surface area contributed by atoms with Crippen molar-refractivity contribution < 1.29 is 32.6 Å².